The van der Waals surface area contributed by atoms with Crippen LogP contribution in [0.3, 0.4) is 0 Å². The predicted molar refractivity (Wildman–Crippen MR) is 98.9 cm³/mol. The molecule has 0 aliphatic rings. The fourth-order valence-electron chi connectivity index (χ4n) is 2.44. The van der Waals surface area contributed by atoms with Gasteiger partial charge >= 0.3 is 0 Å². The van der Waals surface area contributed by atoms with Crippen molar-refractivity contribution in [2.24, 2.45) is 0 Å². The Labute approximate surface area is 156 Å². The number of sulfone groups is 1. The van der Waals surface area contributed by atoms with E-state index < -0.39 is 14.8 Å². The second kappa shape index (κ2) is 7.84. The van der Waals surface area contributed by atoms with E-state index in [4.69, 9.17) is 11.6 Å². The number of carbonyl (C=O) groups excluding carboxylic acids is 1. The second-order valence-electron chi connectivity index (χ2n) is 5.96. The number of nitrogens with zero attached hydrogens (tertiary/aromatic N) is 2. The number of benzene rings is 2. The van der Waals surface area contributed by atoms with Gasteiger partial charge in [0.25, 0.3) is 11.6 Å². The maximum atomic E-state index is 12.6. The molecule has 0 N–H and O–H groups in total. The molecule has 7 nitrogen and oxygen atoms in total. The van der Waals surface area contributed by atoms with Gasteiger partial charge in [-0.1, -0.05) is 23.7 Å². The molecule has 26 heavy (non-hydrogen) atoms. The van der Waals surface area contributed by atoms with Gasteiger partial charge in [0, 0.05) is 42.6 Å². The highest BCUT2D eigenvalue weighted by Gasteiger charge is 2.17. The number of hydrogen-bond donors (Lipinski definition) is 0. The molecule has 2 aromatic carbocycles. The maximum Gasteiger partial charge on any atom is 0.269 e. The zero-order valence-corrected chi connectivity index (χ0v) is 15.7. The molecule has 0 radical (unpaired) electrons. The summed E-state index contributed by atoms with van der Waals surface area (Å²) in [5, 5.41) is 11.2. The van der Waals surface area contributed by atoms with Gasteiger partial charge in [-0.2, -0.15) is 0 Å². The van der Waals surface area contributed by atoms with E-state index >= 15 is 0 Å². The van der Waals surface area contributed by atoms with Crippen LogP contribution >= 0.6 is 11.6 Å². The normalized spacial score (nSPS) is 11.2. The van der Waals surface area contributed by atoms with Crippen molar-refractivity contribution >= 4 is 33.0 Å². The Kier molecular flexibility index (Phi) is 5.99. The molecule has 0 heterocycles. The predicted octanol–water partition coefficient (Wildman–Crippen LogP) is 3.07. The van der Waals surface area contributed by atoms with Gasteiger partial charge in [-0.05, 0) is 29.3 Å². The summed E-state index contributed by atoms with van der Waals surface area (Å²) in [5.41, 5.74) is 1.18. The van der Waals surface area contributed by atoms with Crippen molar-refractivity contribution < 1.29 is 18.1 Å². The Morgan fingerprint density at radius 1 is 1.23 bits per heavy atom. The van der Waals surface area contributed by atoms with Crippen LogP contribution in [0.5, 0.6) is 0 Å². The molecular weight excluding hydrogens is 380 g/mol. The van der Waals surface area contributed by atoms with Gasteiger partial charge in [0.05, 0.1) is 10.7 Å². The summed E-state index contributed by atoms with van der Waals surface area (Å²) in [6.07, 6.45) is 1.12. The zero-order valence-electron chi connectivity index (χ0n) is 14.2. The first-order chi connectivity index (χ1) is 12.1. The number of non-ortho nitro benzene ring substituents is 1. The highest BCUT2D eigenvalue weighted by molar-refractivity contribution is 7.89. The van der Waals surface area contributed by atoms with Crippen LogP contribution in [0, 0.1) is 10.1 Å². The minimum atomic E-state index is -3.21. The van der Waals surface area contributed by atoms with Crippen molar-refractivity contribution in [3.05, 3.63) is 74.3 Å². The van der Waals surface area contributed by atoms with E-state index in [9.17, 15) is 23.3 Å². The molecule has 1 amide bonds. The molecule has 0 atom stereocenters. The fraction of sp³-hybridized carbons (Fsp3) is 0.235. The van der Waals surface area contributed by atoms with E-state index in [0.717, 1.165) is 6.26 Å². The van der Waals surface area contributed by atoms with Crippen LogP contribution in [-0.4, -0.2) is 37.5 Å². The summed E-state index contributed by atoms with van der Waals surface area (Å²) < 4.78 is 22.8. The Hall–Kier alpha value is -2.45. The number of amides is 1. The molecule has 0 saturated heterocycles. The van der Waals surface area contributed by atoms with Gasteiger partial charge < -0.3 is 4.90 Å². The van der Waals surface area contributed by atoms with Crippen molar-refractivity contribution in [3.63, 3.8) is 0 Å². The molecular formula is C17H17ClN2O5S. The average Bonchev–Trinajstić information content (AvgIpc) is 2.54. The van der Waals surface area contributed by atoms with Crippen LogP contribution in [0.25, 0.3) is 0 Å². The first-order valence-corrected chi connectivity index (χ1v) is 9.95. The highest BCUT2D eigenvalue weighted by Crippen LogP contribution is 2.23. The molecule has 0 aromatic heterocycles. The molecule has 0 aliphatic heterocycles. The van der Waals surface area contributed by atoms with Gasteiger partial charge in [-0.3, -0.25) is 14.9 Å². The van der Waals surface area contributed by atoms with Gasteiger partial charge in [0.15, 0.2) is 9.84 Å². The summed E-state index contributed by atoms with van der Waals surface area (Å²) in [6.45, 7) is 0.0790. The number of carbonyl (C=O) groups is 1. The van der Waals surface area contributed by atoms with E-state index in [0.29, 0.717) is 21.7 Å². The number of rotatable bonds is 6. The molecule has 2 rings (SSSR count). The molecule has 0 saturated carbocycles. The van der Waals surface area contributed by atoms with Gasteiger partial charge in [0.1, 0.15) is 0 Å². The zero-order chi connectivity index (χ0) is 19.5. The van der Waals surface area contributed by atoms with Crippen molar-refractivity contribution in [3.8, 4) is 0 Å². The van der Waals surface area contributed by atoms with Crippen LogP contribution < -0.4 is 0 Å². The van der Waals surface area contributed by atoms with Gasteiger partial charge in [0.2, 0.25) is 0 Å². The molecule has 9 heteroatoms. The molecule has 0 spiro atoms. The topological polar surface area (TPSA) is 97.6 Å². The molecule has 138 valence electrons. The van der Waals surface area contributed by atoms with E-state index in [1.54, 1.807) is 25.2 Å². The Bertz CT molecular complexity index is 959. The smallest absolute Gasteiger partial charge is 0.269 e. The minimum absolute atomic E-state index is 0.0790. The lowest BCUT2D eigenvalue weighted by Gasteiger charge is -2.18. The number of nitro groups is 1. The summed E-state index contributed by atoms with van der Waals surface area (Å²) in [5.74, 6) is -0.503. The summed E-state index contributed by atoms with van der Waals surface area (Å²) in [4.78, 5) is 24.3. The quantitative estimate of drug-likeness (QED) is 0.552. The molecule has 0 fully saturated rings. The maximum absolute atomic E-state index is 12.6. The van der Waals surface area contributed by atoms with Crippen LogP contribution in [0.2, 0.25) is 5.02 Å². The summed E-state index contributed by atoms with van der Waals surface area (Å²) >= 11 is 6.07. The minimum Gasteiger partial charge on any atom is -0.337 e. The van der Waals surface area contributed by atoms with Gasteiger partial charge in [-0.15, -0.1) is 0 Å². The van der Waals surface area contributed by atoms with Crippen molar-refractivity contribution in [1.82, 2.24) is 4.90 Å². The standard InChI is InChI=1S/C17H17ClN2O5S/c1-19(10-14-9-15(20(22)23)6-7-16(14)18)17(21)13-5-3-4-12(8-13)11-26(2,24)25/h3-9H,10-11H2,1-2H3. The second-order valence-corrected chi connectivity index (χ2v) is 8.51. The van der Waals surface area contributed by atoms with E-state index in [2.05, 4.69) is 0 Å². The number of halogens is 1. The highest BCUT2D eigenvalue weighted by atomic mass is 35.5. The van der Waals surface area contributed by atoms with Crippen molar-refractivity contribution in [1.29, 1.82) is 0 Å². The molecule has 2 aromatic rings. The van der Waals surface area contributed by atoms with E-state index in [1.807, 2.05) is 0 Å². The van der Waals surface area contributed by atoms with Crippen LogP contribution in [0.4, 0.5) is 5.69 Å². The van der Waals surface area contributed by atoms with E-state index in [1.165, 1.54) is 29.2 Å². The molecule has 0 unspecified atom stereocenters. The largest absolute Gasteiger partial charge is 0.337 e. The third-order valence-electron chi connectivity index (χ3n) is 3.60. The van der Waals surface area contributed by atoms with Crippen molar-refractivity contribution in [2.75, 3.05) is 13.3 Å². The first-order valence-electron chi connectivity index (χ1n) is 7.52. The van der Waals surface area contributed by atoms with Crippen LogP contribution in [0.15, 0.2) is 42.5 Å². The van der Waals surface area contributed by atoms with Crippen LogP contribution in [-0.2, 0) is 22.1 Å². The monoisotopic (exact) mass is 396 g/mol. The summed E-state index contributed by atoms with van der Waals surface area (Å²) in [6, 6.07) is 10.4. The first kappa shape index (κ1) is 19.9. The van der Waals surface area contributed by atoms with Crippen molar-refractivity contribution in [2.45, 2.75) is 12.3 Å². The summed E-state index contributed by atoms with van der Waals surface area (Å²) in [7, 11) is -1.67. The average molecular weight is 397 g/mol. The Morgan fingerprint density at radius 2 is 1.92 bits per heavy atom. The Morgan fingerprint density at radius 3 is 2.54 bits per heavy atom. The lowest BCUT2D eigenvalue weighted by Crippen LogP contribution is -2.26. The number of nitro benzene ring substituents is 1. The Balaban J connectivity index is 2.21. The molecule has 0 bridgehead atoms. The van der Waals surface area contributed by atoms with E-state index in [-0.39, 0.29) is 23.9 Å². The fourth-order valence-corrected chi connectivity index (χ4v) is 3.40. The molecule has 0 aliphatic carbocycles. The lowest BCUT2D eigenvalue weighted by molar-refractivity contribution is -0.384. The van der Waals surface area contributed by atoms with Crippen LogP contribution in [0.1, 0.15) is 21.5 Å². The lowest BCUT2D eigenvalue weighted by atomic mass is 10.1. The third kappa shape index (κ3) is 5.27. The third-order valence-corrected chi connectivity index (χ3v) is 4.82. The van der Waals surface area contributed by atoms with Gasteiger partial charge in [-0.25, -0.2) is 8.42 Å². The number of hydrogen-bond acceptors (Lipinski definition) is 5. The SMILES string of the molecule is CN(Cc1cc([N+](=O)[O-])ccc1Cl)C(=O)c1cccc(CS(C)(=O)=O)c1.